The Labute approximate surface area is 220 Å². The van der Waals surface area contributed by atoms with Gasteiger partial charge >= 0.3 is 6.09 Å². The number of rotatable bonds is 3. The van der Waals surface area contributed by atoms with Crippen LogP contribution < -0.4 is 4.90 Å². The second kappa shape index (κ2) is 8.28. The van der Waals surface area contributed by atoms with Gasteiger partial charge in [0.1, 0.15) is 5.60 Å². The highest BCUT2D eigenvalue weighted by atomic mass is 16.6. The summed E-state index contributed by atoms with van der Waals surface area (Å²) < 4.78 is 7.37. The lowest BCUT2D eigenvalue weighted by Crippen LogP contribution is -2.80. The molecule has 0 saturated carbocycles. The van der Waals surface area contributed by atoms with Gasteiger partial charge in [-0.3, -0.25) is 9.88 Å². The van der Waals surface area contributed by atoms with E-state index in [2.05, 4.69) is 45.3 Å². The van der Waals surface area contributed by atoms with Crippen LogP contribution in [-0.2, 0) is 4.74 Å². The molecule has 5 heterocycles. The van der Waals surface area contributed by atoms with Crippen LogP contribution in [0.15, 0.2) is 79.4 Å². The number of aromatic nitrogens is 4. The Kier molecular flexibility index (Phi) is 4.95. The van der Waals surface area contributed by atoms with Crippen molar-refractivity contribution in [3.05, 3.63) is 79.4 Å². The molecule has 2 saturated heterocycles. The van der Waals surface area contributed by atoms with Crippen molar-refractivity contribution in [3.63, 3.8) is 0 Å². The van der Waals surface area contributed by atoms with Crippen molar-refractivity contribution in [3.8, 4) is 22.3 Å². The summed E-state index contributed by atoms with van der Waals surface area (Å²) >= 11 is 0. The first-order valence-electron chi connectivity index (χ1n) is 12.9. The lowest BCUT2D eigenvalue weighted by Gasteiger charge is -2.62. The molecule has 0 N–H and O–H groups in total. The summed E-state index contributed by atoms with van der Waals surface area (Å²) in [7, 11) is 0. The van der Waals surface area contributed by atoms with E-state index in [-0.39, 0.29) is 12.1 Å². The smallest absolute Gasteiger partial charge is 0.410 e. The molecule has 2 unspecified atom stereocenters. The molecule has 1 amide bonds. The maximum absolute atomic E-state index is 12.4. The summed E-state index contributed by atoms with van der Waals surface area (Å²) in [4.78, 5) is 25.8. The van der Waals surface area contributed by atoms with E-state index in [9.17, 15) is 4.79 Å². The standard InChI is InChI=1S/C30H28N6O2/c1-30(2,3)38-29(37)35-18-26-27(35)17-34(26)21-10-8-19(9-11-21)20-14-32-28-24(15-33-36(28)16-20)22-12-13-31-25-7-5-4-6-23(22)25/h4-16,26-27H,17-18H2,1-3H3. The van der Waals surface area contributed by atoms with Crippen molar-refractivity contribution in [2.24, 2.45) is 0 Å². The molecule has 0 radical (unpaired) electrons. The Balaban J connectivity index is 1.08. The summed E-state index contributed by atoms with van der Waals surface area (Å²) in [6.07, 6.45) is 7.42. The highest BCUT2D eigenvalue weighted by molar-refractivity contribution is 5.97. The van der Waals surface area contributed by atoms with Crippen LogP contribution in [0.1, 0.15) is 20.8 Å². The van der Waals surface area contributed by atoms with E-state index in [1.54, 1.807) is 0 Å². The van der Waals surface area contributed by atoms with Gasteiger partial charge in [0, 0.05) is 53.9 Å². The highest BCUT2D eigenvalue weighted by Gasteiger charge is 2.54. The molecule has 0 spiro atoms. The van der Waals surface area contributed by atoms with Crippen molar-refractivity contribution in [2.45, 2.75) is 38.5 Å². The summed E-state index contributed by atoms with van der Waals surface area (Å²) in [5.41, 5.74) is 6.60. The van der Waals surface area contributed by atoms with Crippen LogP contribution in [0.3, 0.4) is 0 Å². The predicted octanol–water partition coefficient (Wildman–Crippen LogP) is 5.42. The number of fused-ring (bicyclic) bond motifs is 3. The number of carbonyl (C=O) groups is 1. The van der Waals surface area contributed by atoms with Crippen LogP contribution >= 0.6 is 0 Å². The van der Waals surface area contributed by atoms with Gasteiger partial charge in [0.25, 0.3) is 0 Å². The van der Waals surface area contributed by atoms with Crippen LogP contribution in [-0.4, -0.2) is 61.3 Å². The fourth-order valence-corrected chi connectivity index (χ4v) is 5.47. The quantitative estimate of drug-likeness (QED) is 0.327. The average molecular weight is 505 g/mol. The molecule has 0 bridgehead atoms. The number of carbonyl (C=O) groups excluding carboxylic acids is 1. The molecule has 3 aromatic heterocycles. The van der Waals surface area contributed by atoms with Crippen LogP contribution in [0.2, 0.25) is 0 Å². The molecule has 2 aliphatic rings. The number of hydrogen-bond acceptors (Lipinski definition) is 6. The number of para-hydroxylation sites is 1. The zero-order valence-electron chi connectivity index (χ0n) is 21.6. The molecule has 5 aromatic rings. The molecular formula is C30H28N6O2. The molecule has 38 heavy (non-hydrogen) atoms. The van der Waals surface area contributed by atoms with E-state index in [0.29, 0.717) is 12.6 Å². The van der Waals surface area contributed by atoms with Crippen molar-refractivity contribution in [1.82, 2.24) is 24.5 Å². The number of nitrogens with zero attached hydrogens (tertiary/aromatic N) is 6. The third-order valence-electron chi connectivity index (χ3n) is 7.47. The van der Waals surface area contributed by atoms with Gasteiger partial charge in [-0.25, -0.2) is 14.3 Å². The van der Waals surface area contributed by atoms with Gasteiger partial charge in [-0.2, -0.15) is 5.10 Å². The molecule has 2 aliphatic heterocycles. The Bertz CT molecular complexity index is 1680. The largest absolute Gasteiger partial charge is 0.444 e. The van der Waals surface area contributed by atoms with Crippen LogP contribution in [0, 0.1) is 0 Å². The Morgan fingerprint density at radius 2 is 1.71 bits per heavy atom. The summed E-state index contributed by atoms with van der Waals surface area (Å²) in [5, 5.41) is 5.69. The first-order chi connectivity index (χ1) is 18.4. The number of hydrogen-bond donors (Lipinski definition) is 0. The molecule has 7 rings (SSSR count). The van der Waals surface area contributed by atoms with Gasteiger partial charge in [0.15, 0.2) is 5.65 Å². The first kappa shape index (κ1) is 22.7. The molecule has 2 atom stereocenters. The third-order valence-corrected chi connectivity index (χ3v) is 7.47. The summed E-state index contributed by atoms with van der Waals surface area (Å²) in [5.74, 6) is 0. The molecule has 190 valence electrons. The van der Waals surface area contributed by atoms with E-state index in [1.165, 1.54) is 5.69 Å². The normalized spacial score (nSPS) is 18.7. The number of ether oxygens (including phenoxy) is 1. The number of likely N-dealkylation sites (tertiary alicyclic amines) is 1. The fourth-order valence-electron chi connectivity index (χ4n) is 5.47. The summed E-state index contributed by atoms with van der Waals surface area (Å²) in [6, 6.07) is 19.3. The zero-order chi connectivity index (χ0) is 26.0. The van der Waals surface area contributed by atoms with Gasteiger partial charge in [-0.1, -0.05) is 30.3 Å². The highest BCUT2D eigenvalue weighted by Crippen LogP contribution is 2.39. The van der Waals surface area contributed by atoms with Gasteiger partial charge < -0.3 is 9.64 Å². The van der Waals surface area contributed by atoms with Gasteiger partial charge in [0.05, 0.1) is 23.8 Å². The first-order valence-corrected chi connectivity index (χ1v) is 12.9. The average Bonchev–Trinajstić information content (AvgIpc) is 3.32. The third kappa shape index (κ3) is 3.67. The Morgan fingerprint density at radius 3 is 2.47 bits per heavy atom. The second-order valence-corrected chi connectivity index (χ2v) is 11.0. The van der Waals surface area contributed by atoms with E-state index in [0.717, 1.165) is 45.3 Å². The maximum atomic E-state index is 12.4. The number of anilines is 1. The minimum absolute atomic E-state index is 0.212. The van der Waals surface area contributed by atoms with Crippen molar-refractivity contribution < 1.29 is 9.53 Å². The van der Waals surface area contributed by atoms with Crippen LogP contribution in [0.4, 0.5) is 10.5 Å². The van der Waals surface area contributed by atoms with E-state index in [4.69, 9.17) is 9.72 Å². The van der Waals surface area contributed by atoms with Gasteiger partial charge in [-0.05, 0) is 56.2 Å². The Hall–Kier alpha value is -4.46. The molecular weight excluding hydrogens is 476 g/mol. The fraction of sp³-hybridized carbons (Fsp3) is 0.267. The lowest BCUT2D eigenvalue weighted by atomic mass is 9.85. The van der Waals surface area contributed by atoms with Crippen molar-refractivity contribution in [2.75, 3.05) is 18.0 Å². The minimum atomic E-state index is -0.468. The predicted molar refractivity (Wildman–Crippen MR) is 147 cm³/mol. The molecule has 0 aliphatic carbocycles. The SMILES string of the molecule is CC(C)(C)OC(=O)N1CC2C1CN2c1ccc(-c2cnc3c(-c4ccnc5ccccc45)cnn3c2)cc1. The second-order valence-electron chi connectivity index (χ2n) is 11.0. The number of pyridine rings is 1. The molecule has 8 nitrogen and oxygen atoms in total. The van der Waals surface area contributed by atoms with Crippen molar-refractivity contribution >= 4 is 28.3 Å². The monoisotopic (exact) mass is 504 g/mol. The number of benzene rings is 2. The molecule has 8 heteroatoms. The van der Waals surface area contributed by atoms with E-state index >= 15 is 0 Å². The van der Waals surface area contributed by atoms with Crippen molar-refractivity contribution in [1.29, 1.82) is 0 Å². The van der Waals surface area contributed by atoms with Crippen LogP contribution in [0.5, 0.6) is 0 Å². The molecule has 2 aromatic carbocycles. The minimum Gasteiger partial charge on any atom is -0.444 e. The van der Waals surface area contributed by atoms with Gasteiger partial charge in [0.2, 0.25) is 0 Å². The Morgan fingerprint density at radius 1 is 0.895 bits per heavy atom. The summed E-state index contributed by atoms with van der Waals surface area (Å²) in [6.45, 7) is 7.24. The van der Waals surface area contributed by atoms with Gasteiger partial charge in [-0.15, -0.1) is 0 Å². The van der Waals surface area contributed by atoms with Crippen LogP contribution in [0.25, 0.3) is 38.8 Å². The van der Waals surface area contributed by atoms with E-state index < -0.39 is 5.60 Å². The zero-order valence-corrected chi connectivity index (χ0v) is 21.6. The number of amides is 1. The topological polar surface area (TPSA) is 75.9 Å². The lowest BCUT2D eigenvalue weighted by molar-refractivity contribution is -0.0309. The van der Waals surface area contributed by atoms with E-state index in [1.807, 2.05) is 79.2 Å². The maximum Gasteiger partial charge on any atom is 0.410 e. The number of piperazine rings is 1. The molecule has 2 fully saturated rings.